The van der Waals surface area contributed by atoms with Crippen molar-refractivity contribution in [3.8, 4) is 11.3 Å². The number of rotatable bonds is 6. The van der Waals surface area contributed by atoms with Gasteiger partial charge in [-0.3, -0.25) is 4.79 Å². The molecule has 2 aliphatic heterocycles. The number of carbonyl (C=O) groups is 1. The lowest BCUT2D eigenvalue weighted by atomic mass is 10.1. The van der Waals surface area contributed by atoms with E-state index in [0.29, 0.717) is 13.2 Å². The summed E-state index contributed by atoms with van der Waals surface area (Å²) in [6.07, 6.45) is 4.70. The first kappa shape index (κ1) is 23.6. The molecule has 0 aliphatic carbocycles. The molecule has 2 aliphatic rings. The zero-order chi connectivity index (χ0) is 24.9. The number of pyridine rings is 1. The molecule has 2 aromatic heterocycles. The zero-order valence-electron chi connectivity index (χ0n) is 20.1. The number of piperazine rings is 1. The van der Waals surface area contributed by atoms with Crippen molar-refractivity contribution in [2.45, 2.75) is 0 Å². The van der Waals surface area contributed by atoms with Gasteiger partial charge >= 0.3 is 0 Å². The second-order valence-electron chi connectivity index (χ2n) is 8.71. The van der Waals surface area contributed by atoms with Crippen LogP contribution in [0.5, 0.6) is 0 Å². The fourth-order valence-electron chi connectivity index (χ4n) is 4.43. The van der Waals surface area contributed by atoms with E-state index in [1.807, 2.05) is 24.3 Å². The van der Waals surface area contributed by atoms with Gasteiger partial charge in [-0.2, -0.15) is 0 Å². The number of hydrogen-bond donors (Lipinski definition) is 2. The lowest BCUT2D eigenvalue weighted by Crippen LogP contribution is -2.46. The van der Waals surface area contributed by atoms with E-state index in [4.69, 9.17) is 15.5 Å². The van der Waals surface area contributed by atoms with Crippen molar-refractivity contribution < 1.29 is 9.53 Å². The van der Waals surface area contributed by atoms with Crippen molar-refractivity contribution in [1.82, 2.24) is 15.0 Å². The Bertz CT molecular complexity index is 1200. The molecule has 2 saturated heterocycles. The highest BCUT2D eigenvalue weighted by Crippen LogP contribution is 2.29. The maximum Gasteiger partial charge on any atom is 0.247 e. The number of nitrogen functional groups attached to an aromatic ring is 1. The third-order valence-corrected chi connectivity index (χ3v) is 6.43. The van der Waals surface area contributed by atoms with Gasteiger partial charge in [-0.1, -0.05) is 6.58 Å². The van der Waals surface area contributed by atoms with Gasteiger partial charge in [0.1, 0.15) is 5.82 Å². The average molecular weight is 487 g/mol. The lowest BCUT2D eigenvalue weighted by Gasteiger charge is -2.38. The topological polar surface area (TPSA) is 113 Å². The smallest absolute Gasteiger partial charge is 0.247 e. The predicted molar refractivity (Wildman–Crippen MR) is 142 cm³/mol. The van der Waals surface area contributed by atoms with Crippen LogP contribution in [-0.2, 0) is 9.53 Å². The van der Waals surface area contributed by atoms with E-state index >= 15 is 0 Å². The van der Waals surface area contributed by atoms with Gasteiger partial charge in [0.25, 0.3) is 0 Å². The number of morpholine rings is 1. The summed E-state index contributed by atoms with van der Waals surface area (Å²) in [6.45, 7) is 10.0. The first-order valence-corrected chi connectivity index (χ1v) is 12.0. The van der Waals surface area contributed by atoms with Crippen LogP contribution in [0.15, 0.2) is 61.4 Å². The van der Waals surface area contributed by atoms with Crippen LogP contribution in [0.1, 0.15) is 0 Å². The summed E-state index contributed by atoms with van der Waals surface area (Å²) in [6, 6.07) is 12.2. The molecule has 36 heavy (non-hydrogen) atoms. The van der Waals surface area contributed by atoms with Gasteiger partial charge in [0, 0.05) is 80.4 Å². The van der Waals surface area contributed by atoms with Crippen molar-refractivity contribution >= 4 is 34.7 Å². The Labute approximate surface area is 210 Å². The summed E-state index contributed by atoms with van der Waals surface area (Å²) >= 11 is 0. The number of anilines is 5. The predicted octanol–water partition coefficient (Wildman–Crippen LogP) is 2.41. The van der Waals surface area contributed by atoms with Crippen LogP contribution >= 0.6 is 0 Å². The molecule has 0 spiro atoms. The second kappa shape index (κ2) is 10.6. The number of aromatic nitrogens is 3. The fourth-order valence-corrected chi connectivity index (χ4v) is 4.43. The molecule has 0 unspecified atom stereocenters. The van der Waals surface area contributed by atoms with Crippen LogP contribution in [0.3, 0.4) is 0 Å². The molecule has 0 bridgehead atoms. The molecule has 0 saturated carbocycles. The molecule has 10 nitrogen and oxygen atoms in total. The Morgan fingerprint density at radius 3 is 2.19 bits per heavy atom. The second-order valence-corrected chi connectivity index (χ2v) is 8.71. The molecular weight excluding hydrogens is 456 g/mol. The highest BCUT2D eigenvalue weighted by atomic mass is 16.5. The standard InChI is InChI=1S/C26H30N8O2/c1-2-25(35)30-20-3-5-21(6-4-20)32-7-9-33(10-8-32)22-15-23(19-17-28-26(27)29-18-19)31-24(16-22)34-11-13-36-14-12-34/h2-6,15-18H,1,7-14H2,(H,30,35)(H2,27,28,29). The van der Waals surface area contributed by atoms with Crippen LogP contribution < -0.4 is 25.8 Å². The van der Waals surface area contributed by atoms with Gasteiger partial charge in [-0.15, -0.1) is 0 Å². The SMILES string of the molecule is C=CC(=O)Nc1ccc(N2CCN(c3cc(-c4cnc(N)nc4)nc(N4CCOCC4)c3)CC2)cc1. The number of nitrogens with two attached hydrogens (primary N) is 1. The quantitative estimate of drug-likeness (QED) is 0.507. The summed E-state index contributed by atoms with van der Waals surface area (Å²) in [5.41, 5.74) is 10.4. The Morgan fingerprint density at radius 2 is 1.56 bits per heavy atom. The van der Waals surface area contributed by atoms with Gasteiger partial charge < -0.3 is 30.5 Å². The summed E-state index contributed by atoms with van der Waals surface area (Å²) in [5.74, 6) is 0.966. The van der Waals surface area contributed by atoms with Crippen LogP contribution in [0.4, 0.5) is 28.8 Å². The summed E-state index contributed by atoms with van der Waals surface area (Å²) in [7, 11) is 0. The maximum absolute atomic E-state index is 11.5. The molecule has 3 aromatic rings. The van der Waals surface area contributed by atoms with Crippen LogP contribution in [0.25, 0.3) is 11.3 Å². The highest BCUT2D eigenvalue weighted by molar-refractivity contribution is 5.98. The van der Waals surface area contributed by atoms with Crippen molar-refractivity contribution in [1.29, 1.82) is 0 Å². The molecule has 4 heterocycles. The minimum absolute atomic E-state index is 0.213. The number of amides is 1. The lowest BCUT2D eigenvalue weighted by molar-refractivity contribution is -0.111. The first-order valence-electron chi connectivity index (χ1n) is 12.0. The van der Waals surface area contributed by atoms with E-state index in [1.54, 1.807) is 12.4 Å². The van der Waals surface area contributed by atoms with Crippen LogP contribution in [-0.4, -0.2) is 73.3 Å². The third-order valence-electron chi connectivity index (χ3n) is 6.43. The minimum atomic E-state index is -0.213. The van der Waals surface area contributed by atoms with E-state index in [1.165, 1.54) is 6.08 Å². The van der Waals surface area contributed by atoms with E-state index in [0.717, 1.165) is 73.4 Å². The number of nitrogens with one attached hydrogen (secondary N) is 1. The molecule has 1 amide bonds. The van der Waals surface area contributed by atoms with Crippen LogP contribution in [0, 0.1) is 0 Å². The molecule has 0 atom stereocenters. The van der Waals surface area contributed by atoms with Crippen LogP contribution in [0.2, 0.25) is 0 Å². The molecule has 3 N–H and O–H groups in total. The first-order chi connectivity index (χ1) is 17.6. The van der Waals surface area contributed by atoms with Crippen molar-refractivity contribution in [3.63, 3.8) is 0 Å². The normalized spacial score (nSPS) is 16.1. The molecule has 2 fully saturated rings. The van der Waals surface area contributed by atoms with Crippen molar-refractivity contribution in [2.24, 2.45) is 0 Å². The zero-order valence-corrected chi connectivity index (χ0v) is 20.1. The van der Waals surface area contributed by atoms with Gasteiger partial charge in [-0.25, -0.2) is 15.0 Å². The monoisotopic (exact) mass is 486 g/mol. The average Bonchev–Trinajstić information content (AvgIpc) is 2.94. The molecule has 1 aromatic carbocycles. The fraction of sp³-hybridized carbons (Fsp3) is 0.308. The molecule has 0 radical (unpaired) electrons. The number of ether oxygens (including phenoxy) is 1. The summed E-state index contributed by atoms with van der Waals surface area (Å²) in [5, 5.41) is 2.79. The number of hydrogen-bond acceptors (Lipinski definition) is 9. The van der Waals surface area contributed by atoms with Gasteiger partial charge in [0.05, 0.1) is 18.9 Å². The summed E-state index contributed by atoms with van der Waals surface area (Å²) in [4.78, 5) is 31.8. The Morgan fingerprint density at radius 1 is 0.917 bits per heavy atom. The molecule has 10 heteroatoms. The maximum atomic E-state index is 11.5. The van der Waals surface area contributed by atoms with E-state index in [2.05, 4.69) is 48.7 Å². The number of benzene rings is 1. The Hall–Kier alpha value is -4.18. The Kier molecular flexibility index (Phi) is 6.94. The van der Waals surface area contributed by atoms with Crippen molar-refractivity contribution in [3.05, 3.63) is 61.4 Å². The molecular formula is C26H30N8O2. The van der Waals surface area contributed by atoms with Crippen molar-refractivity contribution in [2.75, 3.05) is 78.2 Å². The Balaban J connectivity index is 1.33. The van der Waals surface area contributed by atoms with Gasteiger partial charge in [0.15, 0.2) is 0 Å². The molecule has 186 valence electrons. The number of carbonyl (C=O) groups excluding carboxylic acids is 1. The third kappa shape index (κ3) is 5.38. The molecule has 5 rings (SSSR count). The van der Waals surface area contributed by atoms with Gasteiger partial charge in [-0.05, 0) is 36.4 Å². The van der Waals surface area contributed by atoms with E-state index in [9.17, 15) is 4.79 Å². The highest BCUT2D eigenvalue weighted by Gasteiger charge is 2.21. The van der Waals surface area contributed by atoms with Gasteiger partial charge in [0.2, 0.25) is 11.9 Å². The van der Waals surface area contributed by atoms with E-state index in [-0.39, 0.29) is 11.9 Å². The summed E-state index contributed by atoms with van der Waals surface area (Å²) < 4.78 is 5.54. The number of nitrogens with zero attached hydrogens (tertiary/aromatic N) is 6. The minimum Gasteiger partial charge on any atom is -0.378 e. The largest absolute Gasteiger partial charge is 0.378 e. The van der Waals surface area contributed by atoms with E-state index < -0.39 is 0 Å².